The Morgan fingerprint density at radius 2 is 2.22 bits per heavy atom. The number of aldehydes is 1. The van der Waals surface area contributed by atoms with E-state index in [1.54, 1.807) is 0 Å². The molecule has 1 unspecified atom stereocenters. The molecular weight excluding hydrogens is 306 g/mol. The minimum absolute atomic E-state index is 0.0451. The zero-order chi connectivity index (χ0) is 13.3. The molecule has 6 nitrogen and oxygen atoms in total. The average molecular weight is 316 g/mol. The molecule has 0 spiro atoms. The van der Waals surface area contributed by atoms with Gasteiger partial charge >= 0.3 is 5.97 Å². The molecule has 0 aromatic heterocycles. The van der Waals surface area contributed by atoms with Crippen LogP contribution in [0.1, 0.15) is 21.8 Å². The van der Waals surface area contributed by atoms with Gasteiger partial charge in [-0.2, -0.15) is 0 Å². The van der Waals surface area contributed by atoms with Gasteiger partial charge in [0.15, 0.2) is 17.8 Å². The summed E-state index contributed by atoms with van der Waals surface area (Å²) in [6.45, 7) is -0.117. The Balaban J connectivity index is 2.63. The van der Waals surface area contributed by atoms with E-state index in [1.807, 2.05) is 0 Å². The van der Waals surface area contributed by atoms with Crippen molar-refractivity contribution < 1.29 is 24.2 Å². The number of hydrogen-bond acceptors (Lipinski definition) is 5. The van der Waals surface area contributed by atoms with Crippen molar-refractivity contribution >= 4 is 28.2 Å². The van der Waals surface area contributed by atoms with Crippen molar-refractivity contribution in [3.05, 3.63) is 21.7 Å². The van der Waals surface area contributed by atoms with Gasteiger partial charge < -0.3 is 20.3 Å². The first-order chi connectivity index (χ1) is 8.60. The monoisotopic (exact) mass is 315 g/mol. The molecule has 1 atom stereocenters. The molecule has 0 bridgehead atoms. The molecule has 2 rings (SSSR count). The van der Waals surface area contributed by atoms with Crippen molar-refractivity contribution in [3.63, 3.8) is 0 Å². The highest BCUT2D eigenvalue weighted by Crippen LogP contribution is 2.44. The van der Waals surface area contributed by atoms with Gasteiger partial charge in [0, 0.05) is 16.6 Å². The minimum Gasteiger partial charge on any atom is -0.481 e. The van der Waals surface area contributed by atoms with E-state index in [-0.39, 0.29) is 24.8 Å². The van der Waals surface area contributed by atoms with Crippen molar-refractivity contribution in [2.45, 2.75) is 5.92 Å². The normalized spacial score (nSPS) is 14.3. The molecule has 0 aliphatic carbocycles. The summed E-state index contributed by atoms with van der Waals surface area (Å²) in [5.74, 6) is -1.43. The van der Waals surface area contributed by atoms with E-state index in [0.717, 1.165) is 0 Å². The number of fused-ring (bicyclic) bond motifs is 1. The SMILES string of the molecule is NCC(C(=O)O)c1cc(Br)c(C=O)c2c1OCO2. The third kappa shape index (κ3) is 1.95. The van der Waals surface area contributed by atoms with E-state index in [4.69, 9.17) is 20.3 Å². The van der Waals surface area contributed by atoms with Gasteiger partial charge in [-0.15, -0.1) is 0 Å². The second kappa shape index (κ2) is 4.95. The van der Waals surface area contributed by atoms with Gasteiger partial charge in [0.25, 0.3) is 0 Å². The predicted molar refractivity (Wildman–Crippen MR) is 65.1 cm³/mol. The van der Waals surface area contributed by atoms with Crippen LogP contribution in [0.5, 0.6) is 11.5 Å². The summed E-state index contributed by atoms with van der Waals surface area (Å²) in [6.07, 6.45) is 0.625. The average Bonchev–Trinajstić information content (AvgIpc) is 2.78. The summed E-state index contributed by atoms with van der Waals surface area (Å²) in [7, 11) is 0. The lowest BCUT2D eigenvalue weighted by Crippen LogP contribution is -2.21. The topological polar surface area (TPSA) is 98.9 Å². The molecule has 7 heteroatoms. The highest BCUT2D eigenvalue weighted by atomic mass is 79.9. The van der Waals surface area contributed by atoms with Crippen LogP contribution in [-0.2, 0) is 4.79 Å². The Kier molecular flexibility index (Phi) is 3.53. The maximum Gasteiger partial charge on any atom is 0.312 e. The predicted octanol–water partition coefficient (Wildman–Crippen LogP) is 1.12. The van der Waals surface area contributed by atoms with E-state index in [0.29, 0.717) is 21.9 Å². The molecule has 0 amide bonds. The second-order valence-corrected chi connectivity index (χ2v) is 4.52. The van der Waals surface area contributed by atoms with Crippen LogP contribution in [0, 0.1) is 0 Å². The molecule has 96 valence electrons. The molecule has 1 aliphatic heterocycles. The zero-order valence-electron chi connectivity index (χ0n) is 9.18. The van der Waals surface area contributed by atoms with E-state index in [2.05, 4.69) is 15.9 Å². The third-order valence-corrected chi connectivity index (χ3v) is 3.34. The number of ether oxygens (including phenoxy) is 2. The quantitative estimate of drug-likeness (QED) is 0.808. The van der Waals surface area contributed by atoms with Gasteiger partial charge in [0.05, 0.1) is 11.5 Å². The molecular formula is C11H10BrNO5. The summed E-state index contributed by atoms with van der Waals surface area (Å²) in [6, 6.07) is 1.53. The molecule has 0 fully saturated rings. The fourth-order valence-electron chi connectivity index (χ4n) is 1.81. The number of carbonyl (C=O) groups excluding carboxylic acids is 1. The van der Waals surface area contributed by atoms with Crippen LogP contribution < -0.4 is 15.2 Å². The summed E-state index contributed by atoms with van der Waals surface area (Å²) in [5, 5.41) is 9.11. The summed E-state index contributed by atoms with van der Waals surface area (Å²) in [4.78, 5) is 22.1. The zero-order valence-corrected chi connectivity index (χ0v) is 10.8. The Bertz CT molecular complexity index is 517. The van der Waals surface area contributed by atoms with E-state index in [9.17, 15) is 9.59 Å². The summed E-state index contributed by atoms with van der Waals surface area (Å²) >= 11 is 3.21. The molecule has 1 heterocycles. The number of benzene rings is 1. The van der Waals surface area contributed by atoms with Crippen LogP contribution in [0.15, 0.2) is 10.5 Å². The number of aliphatic carboxylic acids is 1. The Hall–Kier alpha value is -1.60. The van der Waals surface area contributed by atoms with Crippen LogP contribution in [0.4, 0.5) is 0 Å². The number of hydrogen-bond donors (Lipinski definition) is 2. The largest absolute Gasteiger partial charge is 0.481 e. The van der Waals surface area contributed by atoms with Gasteiger partial charge in [-0.3, -0.25) is 9.59 Å². The first-order valence-electron chi connectivity index (χ1n) is 5.10. The number of nitrogens with two attached hydrogens (primary N) is 1. The lowest BCUT2D eigenvalue weighted by Gasteiger charge is -2.14. The molecule has 0 saturated carbocycles. The fraction of sp³-hybridized carbons (Fsp3) is 0.273. The standard InChI is InChI=1S/C11H10BrNO5/c12-8-1-5(6(2-13)11(15)16)9-10(7(8)3-14)18-4-17-9/h1,3,6H,2,4,13H2,(H,15,16). The Morgan fingerprint density at radius 3 is 2.78 bits per heavy atom. The van der Waals surface area contributed by atoms with Gasteiger partial charge in [-0.05, 0) is 22.0 Å². The van der Waals surface area contributed by atoms with Crippen LogP contribution in [0.3, 0.4) is 0 Å². The lowest BCUT2D eigenvalue weighted by atomic mass is 9.96. The van der Waals surface area contributed by atoms with Crippen LogP contribution in [0.2, 0.25) is 0 Å². The van der Waals surface area contributed by atoms with Crippen molar-refractivity contribution in [2.75, 3.05) is 13.3 Å². The number of carbonyl (C=O) groups is 2. The van der Waals surface area contributed by atoms with E-state index in [1.165, 1.54) is 6.07 Å². The van der Waals surface area contributed by atoms with Crippen LogP contribution in [-0.4, -0.2) is 30.7 Å². The molecule has 1 aromatic rings. The van der Waals surface area contributed by atoms with Gasteiger partial charge in [-0.25, -0.2) is 0 Å². The van der Waals surface area contributed by atoms with Crippen molar-refractivity contribution in [1.29, 1.82) is 0 Å². The van der Waals surface area contributed by atoms with Crippen molar-refractivity contribution in [2.24, 2.45) is 5.73 Å². The minimum atomic E-state index is -1.05. The Labute approximate surface area is 111 Å². The molecule has 18 heavy (non-hydrogen) atoms. The van der Waals surface area contributed by atoms with Gasteiger partial charge in [-0.1, -0.05) is 0 Å². The molecule has 0 radical (unpaired) electrons. The maximum atomic E-state index is 11.1. The van der Waals surface area contributed by atoms with Crippen molar-refractivity contribution in [1.82, 2.24) is 0 Å². The second-order valence-electron chi connectivity index (χ2n) is 3.67. The highest BCUT2D eigenvalue weighted by Gasteiger charge is 2.30. The van der Waals surface area contributed by atoms with Crippen molar-refractivity contribution in [3.8, 4) is 11.5 Å². The lowest BCUT2D eigenvalue weighted by molar-refractivity contribution is -0.138. The fourth-order valence-corrected chi connectivity index (χ4v) is 2.33. The van der Waals surface area contributed by atoms with E-state index >= 15 is 0 Å². The van der Waals surface area contributed by atoms with E-state index < -0.39 is 11.9 Å². The Morgan fingerprint density at radius 1 is 1.56 bits per heavy atom. The first kappa shape index (κ1) is 12.8. The highest BCUT2D eigenvalue weighted by molar-refractivity contribution is 9.10. The molecule has 3 N–H and O–H groups in total. The smallest absolute Gasteiger partial charge is 0.312 e. The van der Waals surface area contributed by atoms with Gasteiger partial charge in [0.1, 0.15) is 0 Å². The first-order valence-corrected chi connectivity index (χ1v) is 5.89. The molecule has 1 aromatic carbocycles. The number of rotatable bonds is 4. The third-order valence-electron chi connectivity index (χ3n) is 2.69. The van der Waals surface area contributed by atoms with Crippen LogP contribution >= 0.6 is 15.9 Å². The number of carboxylic acids is 1. The maximum absolute atomic E-state index is 11.1. The van der Waals surface area contributed by atoms with Gasteiger partial charge in [0.2, 0.25) is 6.79 Å². The number of carboxylic acid groups (broad SMARTS) is 1. The van der Waals surface area contributed by atoms with Crippen LogP contribution in [0.25, 0.3) is 0 Å². The molecule has 1 aliphatic rings. The summed E-state index contributed by atoms with van der Waals surface area (Å²) in [5.41, 5.74) is 6.16. The summed E-state index contributed by atoms with van der Waals surface area (Å²) < 4.78 is 10.9. The number of halogens is 1. The molecule has 0 saturated heterocycles.